The summed E-state index contributed by atoms with van der Waals surface area (Å²) in [6, 6.07) is 5.61. The first-order valence-electron chi connectivity index (χ1n) is 4.32. The third-order valence-corrected chi connectivity index (χ3v) is 2.93. The zero-order valence-corrected chi connectivity index (χ0v) is 8.62. The van der Waals surface area contributed by atoms with Crippen molar-refractivity contribution in [3.63, 3.8) is 0 Å². The van der Waals surface area contributed by atoms with E-state index in [0.717, 1.165) is 10.6 Å². The van der Waals surface area contributed by atoms with Gasteiger partial charge in [0.15, 0.2) is 5.78 Å². The van der Waals surface area contributed by atoms with E-state index in [4.69, 9.17) is 0 Å². The Labute approximate surface area is 86.0 Å². The maximum atomic E-state index is 11.7. The molecule has 0 radical (unpaired) electrons. The summed E-state index contributed by atoms with van der Waals surface area (Å²) in [5.74, 6) is 0.117. The summed E-state index contributed by atoms with van der Waals surface area (Å²) in [6.07, 6.45) is 1.71. The minimum absolute atomic E-state index is 0.117. The molecule has 2 heterocycles. The number of carbonyl (C=O) groups excluding carboxylic acids is 1. The van der Waals surface area contributed by atoms with Crippen LogP contribution in [0.25, 0.3) is 0 Å². The highest BCUT2D eigenvalue weighted by Gasteiger charge is 2.08. The molecule has 2 aromatic rings. The van der Waals surface area contributed by atoms with Gasteiger partial charge in [0.05, 0.1) is 4.88 Å². The molecule has 0 N–H and O–H groups in total. The summed E-state index contributed by atoms with van der Waals surface area (Å²) in [7, 11) is 0. The summed E-state index contributed by atoms with van der Waals surface area (Å²) in [5, 5.41) is 5.97. The summed E-state index contributed by atoms with van der Waals surface area (Å²) in [6.45, 7) is 2.27. The van der Waals surface area contributed by atoms with Gasteiger partial charge in [0.1, 0.15) is 6.54 Å². The molecule has 0 spiro atoms. The van der Waals surface area contributed by atoms with E-state index in [-0.39, 0.29) is 5.78 Å². The van der Waals surface area contributed by atoms with Crippen LogP contribution in [0.5, 0.6) is 0 Å². The zero-order chi connectivity index (χ0) is 9.97. The van der Waals surface area contributed by atoms with Crippen LogP contribution in [0.1, 0.15) is 15.4 Å². The second kappa shape index (κ2) is 3.75. The second-order valence-corrected chi connectivity index (χ2v) is 3.98. The van der Waals surface area contributed by atoms with Crippen molar-refractivity contribution >= 4 is 17.1 Å². The quantitative estimate of drug-likeness (QED) is 0.721. The molecule has 2 rings (SSSR count). The molecule has 0 aliphatic rings. The van der Waals surface area contributed by atoms with Crippen LogP contribution in [0.15, 0.2) is 29.8 Å². The van der Waals surface area contributed by atoms with E-state index in [2.05, 4.69) is 5.10 Å². The molecule has 3 nitrogen and oxygen atoms in total. The second-order valence-electron chi connectivity index (χ2n) is 3.03. The predicted molar refractivity (Wildman–Crippen MR) is 55.6 cm³/mol. The first kappa shape index (κ1) is 9.15. The highest BCUT2D eigenvalue weighted by Crippen LogP contribution is 2.10. The molecule has 0 aliphatic carbocycles. The minimum atomic E-state index is 0.117. The molecule has 0 amide bonds. The van der Waals surface area contributed by atoms with Gasteiger partial charge < -0.3 is 0 Å². The number of nitrogens with zero attached hydrogens (tertiary/aromatic N) is 2. The average molecular weight is 206 g/mol. The number of rotatable bonds is 3. The fourth-order valence-corrected chi connectivity index (χ4v) is 1.87. The molecule has 14 heavy (non-hydrogen) atoms. The predicted octanol–water partition coefficient (Wildman–Crippen LogP) is 2.14. The lowest BCUT2D eigenvalue weighted by Gasteiger charge is -2.01. The van der Waals surface area contributed by atoms with Crippen molar-refractivity contribution in [1.82, 2.24) is 9.78 Å². The molecule has 0 unspecified atom stereocenters. The topological polar surface area (TPSA) is 34.9 Å². The molecule has 0 saturated carbocycles. The molecule has 0 aliphatic heterocycles. The van der Waals surface area contributed by atoms with Gasteiger partial charge >= 0.3 is 0 Å². The van der Waals surface area contributed by atoms with Crippen molar-refractivity contribution in [2.45, 2.75) is 13.5 Å². The van der Waals surface area contributed by atoms with Crippen LogP contribution in [-0.2, 0) is 6.54 Å². The highest BCUT2D eigenvalue weighted by molar-refractivity contribution is 7.12. The summed E-state index contributed by atoms with van der Waals surface area (Å²) >= 11 is 1.47. The van der Waals surface area contributed by atoms with Crippen LogP contribution in [0.4, 0.5) is 0 Å². The van der Waals surface area contributed by atoms with Gasteiger partial charge in [-0.1, -0.05) is 6.07 Å². The van der Waals surface area contributed by atoms with Crippen molar-refractivity contribution < 1.29 is 4.79 Å². The zero-order valence-electron chi connectivity index (χ0n) is 7.80. The molecular weight excluding hydrogens is 196 g/mol. The van der Waals surface area contributed by atoms with Gasteiger partial charge in [-0.25, -0.2) is 0 Å². The Balaban J connectivity index is 2.13. The Kier molecular flexibility index (Phi) is 2.45. The Morgan fingerprint density at radius 1 is 1.57 bits per heavy atom. The third-order valence-electron chi connectivity index (χ3n) is 2.02. The summed E-state index contributed by atoms with van der Waals surface area (Å²) < 4.78 is 1.71. The molecule has 0 saturated heterocycles. The number of hydrogen-bond donors (Lipinski definition) is 0. The lowest BCUT2D eigenvalue weighted by Crippen LogP contribution is -2.11. The highest BCUT2D eigenvalue weighted by atomic mass is 32.1. The Morgan fingerprint density at radius 3 is 3.00 bits per heavy atom. The monoisotopic (exact) mass is 206 g/mol. The summed E-state index contributed by atoms with van der Waals surface area (Å²) in [4.78, 5) is 12.5. The van der Waals surface area contributed by atoms with Gasteiger partial charge in [0.2, 0.25) is 0 Å². The Morgan fingerprint density at radius 2 is 2.43 bits per heavy atom. The maximum absolute atomic E-state index is 11.7. The average Bonchev–Trinajstić information content (AvgIpc) is 2.77. The number of hydrogen-bond acceptors (Lipinski definition) is 3. The van der Waals surface area contributed by atoms with Gasteiger partial charge in [-0.15, -0.1) is 11.3 Å². The van der Waals surface area contributed by atoms with Crippen LogP contribution >= 0.6 is 11.3 Å². The van der Waals surface area contributed by atoms with Crippen molar-refractivity contribution in [3.05, 3.63) is 40.3 Å². The van der Waals surface area contributed by atoms with Crippen LogP contribution in [0.2, 0.25) is 0 Å². The maximum Gasteiger partial charge on any atom is 0.194 e. The van der Waals surface area contributed by atoms with Gasteiger partial charge in [-0.3, -0.25) is 9.48 Å². The van der Waals surface area contributed by atoms with E-state index in [0.29, 0.717) is 6.54 Å². The number of aryl methyl sites for hydroxylation is 1. The first-order chi connectivity index (χ1) is 6.77. The normalized spacial score (nSPS) is 10.4. The third kappa shape index (κ3) is 1.75. The van der Waals surface area contributed by atoms with Gasteiger partial charge in [-0.2, -0.15) is 5.10 Å². The van der Waals surface area contributed by atoms with Crippen molar-refractivity contribution in [2.75, 3.05) is 0 Å². The molecule has 0 aromatic carbocycles. The smallest absolute Gasteiger partial charge is 0.194 e. The van der Waals surface area contributed by atoms with Crippen LogP contribution in [-0.4, -0.2) is 15.6 Å². The number of aromatic nitrogens is 2. The summed E-state index contributed by atoms with van der Waals surface area (Å²) in [5.41, 5.74) is 1.01. The van der Waals surface area contributed by atoms with Crippen LogP contribution in [0.3, 0.4) is 0 Å². The first-order valence-corrected chi connectivity index (χ1v) is 5.20. The van der Waals surface area contributed by atoms with Gasteiger partial charge in [0.25, 0.3) is 0 Å². The van der Waals surface area contributed by atoms with Gasteiger partial charge in [0, 0.05) is 11.9 Å². The van der Waals surface area contributed by atoms with E-state index >= 15 is 0 Å². The number of carbonyl (C=O) groups is 1. The lowest BCUT2D eigenvalue weighted by molar-refractivity contribution is 0.0971. The number of ketones is 1. The molecular formula is C10H10N2OS. The fourth-order valence-electron chi connectivity index (χ4n) is 1.22. The Bertz CT molecular complexity index is 431. The number of Topliss-reactive ketones (excluding diaryl/α,β-unsaturated/α-hetero) is 1. The van der Waals surface area contributed by atoms with E-state index in [1.807, 2.05) is 30.5 Å². The molecule has 0 fully saturated rings. The SMILES string of the molecule is Cc1ccnn1CC(=O)c1cccs1. The van der Waals surface area contributed by atoms with E-state index in [1.165, 1.54) is 11.3 Å². The van der Waals surface area contributed by atoms with E-state index in [1.54, 1.807) is 10.9 Å². The van der Waals surface area contributed by atoms with Crippen molar-refractivity contribution in [1.29, 1.82) is 0 Å². The largest absolute Gasteiger partial charge is 0.291 e. The van der Waals surface area contributed by atoms with E-state index in [9.17, 15) is 4.79 Å². The fraction of sp³-hybridized carbons (Fsp3) is 0.200. The molecule has 2 aromatic heterocycles. The molecule has 0 atom stereocenters. The molecule has 72 valence electrons. The van der Waals surface area contributed by atoms with Gasteiger partial charge in [-0.05, 0) is 24.4 Å². The minimum Gasteiger partial charge on any atom is -0.291 e. The van der Waals surface area contributed by atoms with E-state index < -0.39 is 0 Å². The standard InChI is InChI=1S/C10H10N2OS/c1-8-4-5-11-12(8)7-9(13)10-3-2-6-14-10/h2-6H,7H2,1H3. The Hall–Kier alpha value is -1.42. The number of thiophene rings is 1. The van der Waals surface area contributed by atoms with Crippen molar-refractivity contribution in [3.8, 4) is 0 Å². The van der Waals surface area contributed by atoms with Crippen molar-refractivity contribution in [2.24, 2.45) is 0 Å². The van der Waals surface area contributed by atoms with Crippen LogP contribution in [0, 0.1) is 6.92 Å². The molecule has 4 heteroatoms. The molecule has 0 bridgehead atoms. The lowest BCUT2D eigenvalue weighted by atomic mass is 10.3. The van der Waals surface area contributed by atoms with Crippen LogP contribution < -0.4 is 0 Å².